The van der Waals surface area contributed by atoms with Crippen LogP contribution in [-0.2, 0) is 4.74 Å². The van der Waals surface area contributed by atoms with Crippen molar-refractivity contribution in [3.63, 3.8) is 0 Å². The SMILES string of the molecule is CCOC(=O)N1CCC2(CC(N3CC=C([C@@H]4CCCN4C(=S)CC)CC3)C2)C1. The number of carbonyl (C=O) groups is 1. The molecule has 0 N–H and O–H groups in total. The summed E-state index contributed by atoms with van der Waals surface area (Å²) in [6.07, 6.45) is 10.7. The third kappa shape index (κ3) is 3.82. The summed E-state index contributed by atoms with van der Waals surface area (Å²) < 4.78 is 5.18. The van der Waals surface area contributed by atoms with Crippen molar-refractivity contribution in [2.75, 3.05) is 39.3 Å². The van der Waals surface area contributed by atoms with Crippen molar-refractivity contribution < 1.29 is 9.53 Å². The Morgan fingerprint density at radius 1 is 1.29 bits per heavy atom. The molecule has 1 atom stereocenters. The first kappa shape index (κ1) is 20.1. The largest absolute Gasteiger partial charge is 0.450 e. The minimum atomic E-state index is -0.125. The van der Waals surface area contributed by atoms with Crippen LogP contribution in [0.3, 0.4) is 0 Å². The van der Waals surface area contributed by atoms with E-state index >= 15 is 0 Å². The van der Waals surface area contributed by atoms with Gasteiger partial charge in [0.15, 0.2) is 0 Å². The molecule has 1 aliphatic carbocycles. The number of nitrogens with zero attached hydrogens (tertiary/aromatic N) is 3. The van der Waals surface area contributed by atoms with Gasteiger partial charge >= 0.3 is 6.09 Å². The monoisotopic (exact) mass is 405 g/mol. The van der Waals surface area contributed by atoms with Gasteiger partial charge in [-0.3, -0.25) is 4.90 Å². The number of rotatable bonds is 4. The highest BCUT2D eigenvalue weighted by atomic mass is 32.1. The van der Waals surface area contributed by atoms with E-state index in [9.17, 15) is 4.79 Å². The average molecular weight is 406 g/mol. The summed E-state index contributed by atoms with van der Waals surface area (Å²) >= 11 is 5.61. The van der Waals surface area contributed by atoms with E-state index in [-0.39, 0.29) is 6.09 Å². The highest BCUT2D eigenvalue weighted by Crippen LogP contribution is 2.50. The molecular formula is C22H35N3O2S. The van der Waals surface area contributed by atoms with E-state index in [1.165, 1.54) is 38.6 Å². The molecule has 0 unspecified atom stereocenters. The van der Waals surface area contributed by atoms with Crippen molar-refractivity contribution in [2.24, 2.45) is 5.41 Å². The minimum Gasteiger partial charge on any atom is -0.450 e. The van der Waals surface area contributed by atoms with Gasteiger partial charge in [0, 0.05) is 38.8 Å². The predicted molar refractivity (Wildman–Crippen MR) is 116 cm³/mol. The molecule has 3 heterocycles. The Hall–Kier alpha value is -1.14. The minimum absolute atomic E-state index is 0.125. The predicted octanol–water partition coefficient (Wildman–Crippen LogP) is 3.83. The van der Waals surface area contributed by atoms with Gasteiger partial charge in [0.05, 0.1) is 17.6 Å². The van der Waals surface area contributed by atoms with E-state index in [4.69, 9.17) is 17.0 Å². The lowest BCUT2D eigenvalue weighted by Gasteiger charge is -2.51. The van der Waals surface area contributed by atoms with Gasteiger partial charge < -0.3 is 14.5 Å². The smallest absolute Gasteiger partial charge is 0.409 e. The molecule has 3 aliphatic heterocycles. The van der Waals surface area contributed by atoms with E-state index in [1.54, 1.807) is 5.57 Å². The van der Waals surface area contributed by atoms with E-state index in [0.29, 0.717) is 24.1 Å². The Kier molecular flexibility index (Phi) is 5.98. The highest BCUT2D eigenvalue weighted by Gasteiger charge is 2.51. The van der Waals surface area contributed by atoms with Gasteiger partial charge in [-0.25, -0.2) is 4.79 Å². The van der Waals surface area contributed by atoms with E-state index in [2.05, 4.69) is 22.8 Å². The quantitative estimate of drug-likeness (QED) is 0.525. The van der Waals surface area contributed by atoms with E-state index in [1.807, 2.05) is 11.8 Å². The van der Waals surface area contributed by atoms with Crippen LogP contribution in [0, 0.1) is 5.41 Å². The van der Waals surface area contributed by atoms with Crippen molar-refractivity contribution in [1.29, 1.82) is 0 Å². The topological polar surface area (TPSA) is 36.0 Å². The molecule has 156 valence electrons. The van der Waals surface area contributed by atoms with Crippen molar-refractivity contribution in [3.05, 3.63) is 11.6 Å². The second kappa shape index (κ2) is 8.31. The number of hydrogen-bond donors (Lipinski definition) is 0. The van der Waals surface area contributed by atoms with Crippen LogP contribution in [0.2, 0.25) is 0 Å². The van der Waals surface area contributed by atoms with Gasteiger partial charge in [-0.15, -0.1) is 0 Å². The fourth-order valence-electron chi connectivity index (χ4n) is 5.83. The van der Waals surface area contributed by atoms with Gasteiger partial charge in [-0.2, -0.15) is 0 Å². The first-order valence-electron chi connectivity index (χ1n) is 11.2. The summed E-state index contributed by atoms with van der Waals surface area (Å²) in [5, 5.41) is 0. The molecule has 4 aliphatic rings. The Morgan fingerprint density at radius 2 is 2.11 bits per heavy atom. The van der Waals surface area contributed by atoms with Gasteiger partial charge in [-0.05, 0) is 62.9 Å². The molecule has 28 heavy (non-hydrogen) atoms. The third-order valence-corrected chi connectivity index (χ3v) is 7.92. The van der Waals surface area contributed by atoms with Crippen LogP contribution in [0.5, 0.6) is 0 Å². The Balaban J connectivity index is 1.28. The molecule has 0 aromatic rings. The first-order chi connectivity index (χ1) is 13.5. The number of thiocarbonyl (C=S) groups is 1. The molecule has 3 fully saturated rings. The van der Waals surface area contributed by atoms with Crippen molar-refractivity contribution >= 4 is 23.3 Å². The maximum Gasteiger partial charge on any atom is 0.409 e. The van der Waals surface area contributed by atoms with Crippen LogP contribution in [0.25, 0.3) is 0 Å². The Labute approximate surface area is 175 Å². The molecule has 4 rings (SSSR count). The van der Waals surface area contributed by atoms with Gasteiger partial charge in [0.2, 0.25) is 0 Å². The second-order valence-electron chi connectivity index (χ2n) is 9.06. The van der Waals surface area contributed by atoms with Crippen molar-refractivity contribution in [2.45, 2.75) is 70.9 Å². The van der Waals surface area contributed by atoms with E-state index in [0.717, 1.165) is 44.0 Å². The number of likely N-dealkylation sites (tertiary alicyclic amines) is 2. The molecule has 1 amide bonds. The van der Waals surface area contributed by atoms with Gasteiger partial charge in [0.25, 0.3) is 0 Å². The lowest BCUT2D eigenvalue weighted by Crippen LogP contribution is -2.53. The van der Waals surface area contributed by atoms with Gasteiger partial charge in [-0.1, -0.05) is 25.2 Å². The molecule has 2 saturated heterocycles. The molecule has 0 bridgehead atoms. The molecule has 0 radical (unpaired) electrons. The maximum atomic E-state index is 12.0. The fraction of sp³-hybridized carbons (Fsp3) is 0.818. The zero-order valence-corrected chi connectivity index (χ0v) is 18.3. The number of amides is 1. The van der Waals surface area contributed by atoms with Crippen LogP contribution < -0.4 is 0 Å². The number of carbonyl (C=O) groups excluding carboxylic acids is 1. The molecule has 1 spiro atoms. The second-order valence-corrected chi connectivity index (χ2v) is 9.53. The molecule has 0 aromatic carbocycles. The summed E-state index contributed by atoms with van der Waals surface area (Å²) in [5.41, 5.74) is 1.98. The van der Waals surface area contributed by atoms with Crippen LogP contribution in [-0.4, -0.2) is 77.2 Å². The third-order valence-electron chi connectivity index (χ3n) is 7.40. The number of hydrogen-bond acceptors (Lipinski definition) is 4. The molecule has 5 nitrogen and oxygen atoms in total. The standard InChI is InChI=1S/C22H35N3O2S/c1-3-20(28)25-10-5-6-19(25)17-7-11-23(12-8-17)18-14-22(15-18)9-13-24(16-22)21(26)27-4-2/h7,18-19H,3-6,8-16H2,1-2H3/t18?,19-,22?/m0/s1. The Morgan fingerprint density at radius 3 is 2.79 bits per heavy atom. The van der Waals surface area contributed by atoms with Crippen LogP contribution in [0.1, 0.15) is 58.8 Å². The maximum absolute atomic E-state index is 12.0. The summed E-state index contributed by atoms with van der Waals surface area (Å²) in [7, 11) is 0. The molecule has 1 saturated carbocycles. The Bertz CT molecular complexity index is 644. The normalized spacial score (nSPS) is 33.1. The summed E-state index contributed by atoms with van der Waals surface area (Å²) in [4.78, 5) is 20.2. The van der Waals surface area contributed by atoms with Crippen molar-refractivity contribution in [1.82, 2.24) is 14.7 Å². The zero-order valence-electron chi connectivity index (χ0n) is 17.5. The summed E-state index contributed by atoms with van der Waals surface area (Å²) in [6, 6.07) is 1.26. The van der Waals surface area contributed by atoms with E-state index < -0.39 is 0 Å². The van der Waals surface area contributed by atoms with Crippen LogP contribution in [0.4, 0.5) is 4.79 Å². The highest BCUT2D eigenvalue weighted by molar-refractivity contribution is 7.80. The lowest BCUT2D eigenvalue weighted by atomic mass is 9.64. The molecule has 0 aromatic heterocycles. The summed E-state index contributed by atoms with van der Waals surface area (Å²) in [5.74, 6) is 0. The first-order valence-corrected chi connectivity index (χ1v) is 11.6. The molecule has 6 heteroatoms. The van der Waals surface area contributed by atoms with Crippen molar-refractivity contribution in [3.8, 4) is 0 Å². The number of ether oxygens (including phenoxy) is 1. The fourth-order valence-corrected chi connectivity index (χ4v) is 6.04. The van der Waals surface area contributed by atoms with Crippen LogP contribution in [0.15, 0.2) is 11.6 Å². The average Bonchev–Trinajstić information content (AvgIpc) is 3.34. The van der Waals surface area contributed by atoms with Gasteiger partial charge in [0.1, 0.15) is 0 Å². The lowest BCUT2D eigenvalue weighted by molar-refractivity contribution is 0.00985. The molecular weight excluding hydrogens is 370 g/mol. The summed E-state index contributed by atoms with van der Waals surface area (Å²) in [6.45, 7) is 9.68. The van der Waals surface area contributed by atoms with Crippen LogP contribution >= 0.6 is 12.2 Å². The zero-order chi connectivity index (χ0) is 19.7.